The molecule has 0 saturated carbocycles. The molecule has 0 spiro atoms. The number of nitrogens with one attached hydrogen (secondary N) is 3. The molecule has 34 heavy (non-hydrogen) atoms. The second-order valence-corrected chi connectivity index (χ2v) is 9.27. The van der Waals surface area contributed by atoms with Gasteiger partial charge in [0.25, 0.3) is 0 Å². The van der Waals surface area contributed by atoms with E-state index >= 15 is 0 Å². The van der Waals surface area contributed by atoms with Crippen molar-refractivity contribution in [2.75, 3.05) is 6.54 Å². The van der Waals surface area contributed by atoms with E-state index in [9.17, 15) is 34.2 Å². The summed E-state index contributed by atoms with van der Waals surface area (Å²) in [7, 11) is 0. The Morgan fingerprint density at radius 2 is 1.21 bits per heavy atom. The lowest BCUT2D eigenvalue weighted by Gasteiger charge is -2.26. The predicted molar refractivity (Wildman–Crippen MR) is 125 cm³/mol. The van der Waals surface area contributed by atoms with Gasteiger partial charge in [0.05, 0.1) is 12.5 Å². The maximum absolute atomic E-state index is 12.8. The van der Waals surface area contributed by atoms with E-state index in [1.54, 1.807) is 0 Å². The van der Waals surface area contributed by atoms with Crippen molar-refractivity contribution in [1.29, 1.82) is 0 Å². The lowest BCUT2D eigenvalue weighted by molar-refractivity contribution is -0.143. The Kier molecular flexibility index (Phi) is 14.7. The Hall–Kier alpha value is -2.73. The van der Waals surface area contributed by atoms with Gasteiger partial charge in [0, 0.05) is 0 Å². The van der Waals surface area contributed by atoms with Gasteiger partial charge in [-0.2, -0.15) is 0 Å². The molecule has 0 heterocycles. The molecule has 12 nitrogen and oxygen atoms in total. The molecule has 9 N–H and O–H groups in total. The minimum atomic E-state index is -1.46. The van der Waals surface area contributed by atoms with E-state index < -0.39 is 60.2 Å². The van der Waals surface area contributed by atoms with E-state index in [0.29, 0.717) is 25.8 Å². The van der Waals surface area contributed by atoms with Crippen LogP contribution in [-0.4, -0.2) is 70.6 Å². The van der Waals surface area contributed by atoms with Crippen molar-refractivity contribution >= 4 is 29.7 Å². The van der Waals surface area contributed by atoms with Crippen LogP contribution in [0.15, 0.2) is 0 Å². The van der Waals surface area contributed by atoms with Gasteiger partial charge in [0.15, 0.2) is 0 Å². The lowest BCUT2D eigenvalue weighted by Crippen LogP contribution is -2.57. The summed E-state index contributed by atoms with van der Waals surface area (Å²) in [5, 5.41) is 25.8. The van der Waals surface area contributed by atoms with E-state index in [1.165, 1.54) is 0 Å². The highest BCUT2D eigenvalue weighted by Gasteiger charge is 2.31. The van der Waals surface area contributed by atoms with Crippen LogP contribution in [0.3, 0.4) is 0 Å². The Labute approximate surface area is 200 Å². The maximum Gasteiger partial charge on any atom is 0.326 e. The molecule has 0 fully saturated rings. The first kappa shape index (κ1) is 31.3. The Bertz CT molecular complexity index is 699. The van der Waals surface area contributed by atoms with E-state index in [1.807, 2.05) is 27.7 Å². The van der Waals surface area contributed by atoms with Crippen molar-refractivity contribution < 1.29 is 34.2 Å². The number of amides is 3. The lowest BCUT2D eigenvalue weighted by atomic mass is 10.00. The SMILES string of the molecule is CC(C)CC(NC(=O)C(CC(C)C)NC(=O)C(CC(=O)O)NC(=O)C(N)CCCCN)C(=O)O. The fourth-order valence-corrected chi connectivity index (χ4v) is 3.24. The van der Waals surface area contributed by atoms with Crippen LogP contribution in [0.2, 0.25) is 0 Å². The maximum atomic E-state index is 12.8. The molecule has 12 heteroatoms. The second kappa shape index (κ2) is 16.0. The molecule has 0 aromatic heterocycles. The van der Waals surface area contributed by atoms with Crippen LogP contribution in [0, 0.1) is 11.8 Å². The van der Waals surface area contributed by atoms with E-state index in [-0.39, 0.29) is 24.7 Å². The summed E-state index contributed by atoms with van der Waals surface area (Å²) in [5.74, 6) is -4.83. The van der Waals surface area contributed by atoms with Crippen molar-refractivity contribution in [3.8, 4) is 0 Å². The third kappa shape index (κ3) is 13.1. The Morgan fingerprint density at radius 1 is 0.735 bits per heavy atom. The van der Waals surface area contributed by atoms with Crippen molar-refractivity contribution in [3.63, 3.8) is 0 Å². The number of carbonyl (C=O) groups excluding carboxylic acids is 3. The molecule has 196 valence electrons. The Balaban J connectivity index is 5.45. The normalized spacial score (nSPS) is 14.7. The number of aliphatic carboxylic acids is 2. The molecule has 0 aromatic rings. The molecule has 0 aliphatic heterocycles. The number of nitrogens with two attached hydrogens (primary N) is 2. The summed E-state index contributed by atoms with van der Waals surface area (Å²) >= 11 is 0. The molecule has 0 saturated heterocycles. The first-order valence-electron chi connectivity index (χ1n) is 11.6. The van der Waals surface area contributed by atoms with E-state index in [4.69, 9.17) is 11.5 Å². The van der Waals surface area contributed by atoms with E-state index in [2.05, 4.69) is 16.0 Å². The smallest absolute Gasteiger partial charge is 0.326 e. The number of carboxylic acid groups (broad SMARTS) is 2. The number of hydrogen-bond donors (Lipinski definition) is 7. The highest BCUT2D eigenvalue weighted by Crippen LogP contribution is 2.10. The molecule has 0 aliphatic carbocycles. The number of unbranched alkanes of at least 4 members (excludes halogenated alkanes) is 1. The largest absolute Gasteiger partial charge is 0.481 e. The third-order valence-electron chi connectivity index (χ3n) is 4.98. The fourth-order valence-electron chi connectivity index (χ4n) is 3.24. The van der Waals surface area contributed by atoms with Gasteiger partial charge in [0.1, 0.15) is 18.1 Å². The molecule has 4 unspecified atom stereocenters. The third-order valence-corrected chi connectivity index (χ3v) is 4.98. The van der Waals surface area contributed by atoms with Gasteiger partial charge < -0.3 is 37.6 Å². The molecule has 0 rings (SSSR count). The van der Waals surface area contributed by atoms with Crippen LogP contribution in [0.1, 0.15) is 66.2 Å². The molecule has 0 aliphatic rings. The van der Waals surface area contributed by atoms with Crippen LogP contribution in [-0.2, 0) is 24.0 Å². The zero-order valence-corrected chi connectivity index (χ0v) is 20.5. The number of carboxylic acids is 2. The van der Waals surface area contributed by atoms with Crippen LogP contribution >= 0.6 is 0 Å². The fraction of sp³-hybridized carbons (Fsp3) is 0.773. The number of hydrogen-bond acceptors (Lipinski definition) is 7. The summed E-state index contributed by atoms with van der Waals surface area (Å²) in [6.07, 6.45) is 1.24. The molecule has 3 amide bonds. The van der Waals surface area contributed by atoms with Crippen LogP contribution in [0.5, 0.6) is 0 Å². The predicted octanol–water partition coefficient (Wildman–Crippen LogP) is -0.451. The van der Waals surface area contributed by atoms with Gasteiger partial charge >= 0.3 is 11.9 Å². The second-order valence-electron chi connectivity index (χ2n) is 9.27. The number of carbonyl (C=O) groups is 5. The van der Waals surface area contributed by atoms with Gasteiger partial charge in [0.2, 0.25) is 17.7 Å². The molecule has 0 aromatic carbocycles. The quantitative estimate of drug-likeness (QED) is 0.132. The Morgan fingerprint density at radius 3 is 1.68 bits per heavy atom. The highest BCUT2D eigenvalue weighted by atomic mass is 16.4. The first-order chi connectivity index (χ1) is 15.8. The zero-order valence-electron chi connectivity index (χ0n) is 20.5. The minimum Gasteiger partial charge on any atom is -0.481 e. The van der Waals surface area contributed by atoms with Crippen LogP contribution in [0.4, 0.5) is 0 Å². The molecule has 4 atom stereocenters. The zero-order chi connectivity index (χ0) is 26.4. The molecular formula is C22H41N5O7. The summed E-state index contributed by atoms with van der Waals surface area (Å²) in [5.41, 5.74) is 11.2. The average molecular weight is 488 g/mol. The number of rotatable bonds is 17. The van der Waals surface area contributed by atoms with Gasteiger partial charge in [-0.15, -0.1) is 0 Å². The van der Waals surface area contributed by atoms with Crippen molar-refractivity contribution in [3.05, 3.63) is 0 Å². The van der Waals surface area contributed by atoms with Crippen LogP contribution < -0.4 is 27.4 Å². The first-order valence-corrected chi connectivity index (χ1v) is 11.6. The van der Waals surface area contributed by atoms with Gasteiger partial charge in [-0.05, 0) is 44.1 Å². The topological polar surface area (TPSA) is 214 Å². The average Bonchev–Trinajstić information content (AvgIpc) is 2.71. The highest BCUT2D eigenvalue weighted by molar-refractivity contribution is 5.95. The molecule has 0 radical (unpaired) electrons. The van der Waals surface area contributed by atoms with Gasteiger partial charge in [-0.1, -0.05) is 34.1 Å². The summed E-state index contributed by atoms with van der Waals surface area (Å²) in [6.45, 7) is 7.70. The minimum absolute atomic E-state index is 0.00348. The summed E-state index contributed by atoms with van der Waals surface area (Å²) in [4.78, 5) is 60.8. The van der Waals surface area contributed by atoms with E-state index in [0.717, 1.165) is 0 Å². The van der Waals surface area contributed by atoms with Crippen LogP contribution in [0.25, 0.3) is 0 Å². The molecule has 0 bridgehead atoms. The summed E-state index contributed by atoms with van der Waals surface area (Å²) < 4.78 is 0. The van der Waals surface area contributed by atoms with Crippen molar-refractivity contribution in [2.45, 2.75) is 90.4 Å². The van der Waals surface area contributed by atoms with Crippen molar-refractivity contribution in [1.82, 2.24) is 16.0 Å². The van der Waals surface area contributed by atoms with Gasteiger partial charge in [-0.3, -0.25) is 19.2 Å². The standard InChI is InChI=1S/C22H41N5O7/c1-12(2)9-15(20(31)27-17(22(33)34)10-13(3)4)26-21(32)16(11-18(28)29)25-19(30)14(24)7-5-6-8-23/h12-17H,5-11,23-24H2,1-4H3,(H,25,30)(H,26,32)(H,27,31)(H,28,29)(H,33,34). The van der Waals surface area contributed by atoms with Gasteiger partial charge in [-0.25, -0.2) is 4.79 Å². The monoisotopic (exact) mass is 487 g/mol. The molecular weight excluding hydrogens is 446 g/mol. The summed E-state index contributed by atoms with van der Waals surface area (Å²) in [6, 6.07) is -4.66. The van der Waals surface area contributed by atoms with Crippen molar-refractivity contribution in [2.24, 2.45) is 23.3 Å².